The van der Waals surface area contributed by atoms with Gasteiger partial charge in [0.25, 0.3) is 0 Å². The molecule has 1 aromatic rings. The molecule has 0 aliphatic heterocycles. The zero-order valence-electron chi connectivity index (χ0n) is 6.23. The Bertz CT molecular complexity index is 236. The van der Waals surface area contributed by atoms with Crippen LogP contribution in [0.1, 0.15) is 0 Å². The molecule has 1 heteroatoms. The Morgan fingerprint density at radius 1 is 1.18 bits per heavy atom. The number of hydrogen-bond acceptors (Lipinski definition) is 0. The molecular formula is C10H10Se. The fraction of sp³-hybridized carbons (Fsp3) is 0. The quantitative estimate of drug-likeness (QED) is 0.525. The van der Waals surface area contributed by atoms with Crippen LogP contribution in [0.15, 0.2) is 54.0 Å². The summed E-state index contributed by atoms with van der Waals surface area (Å²) in [6.45, 7) is 3.62. The summed E-state index contributed by atoms with van der Waals surface area (Å²) in [6, 6.07) is 10.5. The maximum atomic E-state index is 3.62. The van der Waals surface area contributed by atoms with Gasteiger partial charge in [-0.1, -0.05) is 0 Å². The Kier molecular flexibility index (Phi) is 3.74. The summed E-state index contributed by atoms with van der Waals surface area (Å²) in [5.74, 6) is 0. The van der Waals surface area contributed by atoms with Crippen LogP contribution in [0.3, 0.4) is 0 Å². The SMILES string of the molecule is C=C/C=C/[Se]c1ccccc1. The summed E-state index contributed by atoms with van der Waals surface area (Å²) >= 11 is 0.468. The van der Waals surface area contributed by atoms with E-state index < -0.39 is 0 Å². The first-order valence-electron chi connectivity index (χ1n) is 3.43. The van der Waals surface area contributed by atoms with Crippen molar-refractivity contribution in [2.24, 2.45) is 0 Å². The Hall–Kier alpha value is -0.781. The van der Waals surface area contributed by atoms with Crippen molar-refractivity contribution in [2.45, 2.75) is 0 Å². The van der Waals surface area contributed by atoms with Crippen molar-refractivity contribution >= 4 is 19.4 Å². The van der Waals surface area contributed by atoms with E-state index in [-0.39, 0.29) is 0 Å². The van der Waals surface area contributed by atoms with E-state index in [2.05, 4.69) is 35.8 Å². The van der Waals surface area contributed by atoms with E-state index in [1.165, 1.54) is 4.46 Å². The number of allylic oxidation sites excluding steroid dienone is 2. The third-order valence-electron chi connectivity index (χ3n) is 1.16. The molecule has 1 aromatic carbocycles. The molecule has 0 nitrogen and oxygen atoms in total. The van der Waals surface area contributed by atoms with Crippen molar-refractivity contribution in [1.29, 1.82) is 0 Å². The van der Waals surface area contributed by atoms with Crippen molar-refractivity contribution < 1.29 is 0 Å². The van der Waals surface area contributed by atoms with Crippen LogP contribution in [0.5, 0.6) is 0 Å². The molecular weight excluding hydrogens is 199 g/mol. The van der Waals surface area contributed by atoms with Crippen molar-refractivity contribution in [2.75, 3.05) is 0 Å². The van der Waals surface area contributed by atoms with Crippen LogP contribution in [0.2, 0.25) is 0 Å². The summed E-state index contributed by atoms with van der Waals surface area (Å²) in [7, 11) is 0. The summed E-state index contributed by atoms with van der Waals surface area (Å²) in [5, 5.41) is 0. The summed E-state index contributed by atoms with van der Waals surface area (Å²) in [6.07, 6.45) is 3.80. The van der Waals surface area contributed by atoms with Gasteiger partial charge in [-0.05, 0) is 0 Å². The third-order valence-corrected chi connectivity index (χ3v) is 2.92. The molecule has 0 aliphatic rings. The van der Waals surface area contributed by atoms with E-state index in [1.807, 2.05) is 18.2 Å². The predicted octanol–water partition coefficient (Wildman–Crippen LogP) is 1.72. The van der Waals surface area contributed by atoms with Crippen molar-refractivity contribution in [1.82, 2.24) is 0 Å². The minimum atomic E-state index is 0.468. The van der Waals surface area contributed by atoms with Crippen LogP contribution in [-0.2, 0) is 0 Å². The van der Waals surface area contributed by atoms with Crippen LogP contribution in [0.25, 0.3) is 0 Å². The summed E-state index contributed by atoms with van der Waals surface area (Å²) < 4.78 is 1.40. The molecule has 0 aromatic heterocycles. The molecule has 0 amide bonds. The van der Waals surface area contributed by atoms with Crippen LogP contribution >= 0.6 is 0 Å². The van der Waals surface area contributed by atoms with Gasteiger partial charge >= 0.3 is 73.5 Å². The third kappa shape index (κ3) is 3.22. The van der Waals surface area contributed by atoms with E-state index in [9.17, 15) is 0 Å². The summed E-state index contributed by atoms with van der Waals surface area (Å²) in [5.41, 5.74) is 0. The first-order valence-corrected chi connectivity index (χ1v) is 5.27. The van der Waals surface area contributed by atoms with Gasteiger partial charge in [0, 0.05) is 0 Å². The molecule has 0 spiro atoms. The van der Waals surface area contributed by atoms with E-state index in [1.54, 1.807) is 0 Å². The Morgan fingerprint density at radius 3 is 2.55 bits per heavy atom. The molecule has 0 bridgehead atoms. The second-order valence-electron chi connectivity index (χ2n) is 2.00. The molecule has 1 rings (SSSR count). The molecule has 11 heavy (non-hydrogen) atoms. The van der Waals surface area contributed by atoms with Gasteiger partial charge in [0.15, 0.2) is 0 Å². The van der Waals surface area contributed by atoms with Crippen LogP contribution in [0.4, 0.5) is 0 Å². The average Bonchev–Trinajstić information content (AvgIpc) is 2.07. The average molecular weight is 209 g/mol. The van der Waals surface area contributed by atoms with Gasteiger partial charge in [-0.25, -0.2) is 0 Å². The van der Waals surface area contributed by atoms with Gasteiger partial charge < -0.3 is 0 Å². The second-order valence-corrected chi connectivity index (χ2v) is 4.05. The first-order chi connectivity index (χ1) is 5.43. The maximum absolute atomic E-state index is 3.62. The van der Waals surface area contributed by atoms with E-state index in [0.717, 1.165) is 0 Å². The van der Waals surface area contributed by atoms with Gasteiger partial charge in [0.1, 0.15) is 0 Å². The summed E-state index contributed by atoms with van der Waals surface area (Å²) in [4.78, 5) is 2.16. The Labute approximate surface area is 73.8 Å². The molecule has 0 atom stereocenters. The van der Waals surface area contributed by atoms with Crippen LogP contribution in [0, 0.1) is 0 Å². The topological polar surface area (TPSA) is 0 Å². The normalized spacial score (nSPS) is 10.2. The molecule has 56 valence electrons. The second kappa shape index (κ2) is 4.95. The minimum absolute atomic E-state index is 0.468. The predicted molar refractivity (Wildman–Crippen MR) is 51.2 cm³/mol. The Balaban J connectivity index is 2.51. The van der Waals surface area contributed by atoms with Gasteiger partial charge in [0.2, 0.25) is 0 Å². The van der Waals surface area contributed by atoms with Gasteiger partial charge in [-0.2, -0.15) is 0 Å². The fourth-order valence-corrected chi connectivity index (χ4v) is 2.06. The monoisotopic (exact) mass is 210 g/mol. The molecule has 0 fully saturated rings. The van der Waals surface area contributed by atoms with Crippen LogP contribution in [-0.4, -0.2) is 15.0 Å². The number of benzene rings is 1. The van der Waals surface area contributed by atoms with Gasteiger partial charge in [-0.3, -0.25) is 0 Å². The van der Waals surface area contributed by atoms with Gasteiger partial charge in [-0.15, -0.1) is 0 Å². The molecule has 0 radical (unpaired) electrons. The number of rotatable bonds is 3. The van der Waals surface area contributed by atoms with Crippen molar-refractivity contribution in [3.63, 3.8) is 0 Å². The zero-order chi connectivity index (χ0) is 7.94. The Morgan fingerprint density at radius 2 is 1.91 bits per heavy atom. The standard InChI is InChI=1S/C10H10Se/c1-2-3-9-11-10-7-5-4-6-8-10/h2-9H,1H2/b9-3+. The molecule has 0 saturated heterocycles. The first kappa shape index (κ1) is 8.32. The molecule has 0 heterocycles. The molecule has 0 unspecified atom stereocenters. The van der Waals surface area contributed by atoms with E-state index >= 15 is 0 Å². The molecule has 0 N–H and O–H groups in total. The van der Waals surface area contributed by atoms with Gasteiger partial charge in [0.05, 0.1) is 0 Å². The molecule has 0 aliphatic carbocycles. The zero-order valence-corrected chi connectivity index (χ0v) is 7.95. The van der Waals surface area contributed by atoms with Crippen molar-refractivity contribution in [3.05, 3.63) is 54.0 Å². The molecule has 0 saturated carbocycles. The fourth-order valence-electron chi connectivity index (χ4n) is 0.672. The number of hydrogen-bond donors (Lipinski definition) is 0. The van der Waals surface area contributed by atoms with E-state index in [4.69, 9.17) is 0 Å². The van der Waals surface area contributed by atoms with Crippen LogP contribution < -0.4 is 4.46 Å². The van der Waals surface area contributed by atoms with E-state index in [0.29, 0.717) is 15.0 Å². The van der Waals surface area contributed by atoms with Crippen molar-refractivity contribution in [3.8, 4) is 0 Å².